The zero-order valence-electron chi connectivity index (χ0n) is 7.01. The van der Waals surface area contributed by atoms with E-state index in [-0.39, 0.29) is 0 Å². The molecule has 1 heteroatoms. The molecule has 1 aliphatic rings. The Morgan fingerprint density at radius 3 is 2.50 bits per heavy atom. The van der Waals surface area contributed by atoms with Crippen LogP contribution in [0.4, 0.5) is 0 Å². The van der Waals surface area contributed by atoms with Gasteiger partial charge in [0.25, 0.3) is 0 Å². The van der Waals surface area contributed by atoms with Crippen LogP contribution in [0.25, 0.3) is 0 Å². The maximum absolute atomic E-state index is 4.36. The number of hydrogen-bond acceptors (Lipinski definition) is 1. The van der Waals surface area contributed by atoms with Crippen LogP contribution in [0.2, 0.25) is 0 Å². The molecule has 1 rings (SSSR count). The molecule has 0 N–H and O–H groups in total. The van der Waals surface area contributed by atoms with E-state index in [2.05, 4.69) is 26.5 Å². The molecule has 0 aromatic carbocycles. The molecule has 0 aliphatic heterocycles. The highest BCUT2D eigenvalue weighted by Crippen LogP contribution is 2.33. The second-order valence-corrected chi connectivity index (χ2v) is 4.20. The lowest BCUT2D eigenvalue weighted by Gasteiger charge is -2.31. The molecule has 0 amide bonds. The van der Waals surface area contributed by atoms with Crippen LogP contribution in [-0.4, -0.2) is 5.75 Å². The molecule has 0 nitrogen and oxygen atoms in total. The molecule has 0 spiro atoms. The van der Waals surface area contributed by atoms with Crippen molar-refractivity contribution in [3.63, 3.8) is 0 Å². The van der Waals surface area contributed by atoms with E-state index in [4.69, 9.17) is 0 Å². The summed E-state index contributed by atoms with van der Waals surface area (Å²) in [6.07, 6.45) is 4.27. The lowest BCUT2D eigenvalue weighted by Crippen LogP contribution is -2.22. The highest BCUT2D eigenvalue weighted by Gasteiger charge is 2.23. The minimum Gasteiger partial charge on any atom is -0.179 e. The summed E-state index contributed by atoms with van der Waals surface area (Å²) in [4.78, 5) is 0. The molecule has 1 saturated carbocycles. The molecular weight excluding hydrogens is 140 g/mol. The first-order valence-electron chi connectivity index (χ1n) is 4.35. The van der Waals surface area contributed by atoms with Crippen LogP contribution in [0.3, 0.4) is 0 Å². The summed E-state index contributed by atoms with van der Waals surface area (Å²) in [7, 11) is 0. The van der Waals surface area contributed by atoms with Crippen LogP contribution in [0.1, 0.15) is 33.1 Å². The smallest absolute Gasteiger partial charge is 0.00669 e. The van der Waals surface area contributed by atoms with Crippen LogP contribution >= 0.6 is 12.6 Å². The molecule has 60 valence electrons. The van der Waals surface area contributed by atoms with Crippen LogP contribution in [-0.2, 0) is 0 Å². The molecule has 0 heterocycles. The van der Waals surface area contributed by atoms with Crippen molar-refractivity contribution in [2.24, 2.45) is 17.8 Å². The van der Waals surface area contributed by atoms with E-state index in [1.165, 1.54) is 19.3 Å². The summed E-state index contributed by atoms with van der Waals surface area (Å²) in [6.45, 7) is 4.73. The van der Waals surface area contributed by atoms with Crippen molar-refractivity contribution in [1.29, 1.82) is 0 Å². The molecule has 10 heavy (non-hydrogen) atoms. The molecule has 3 unspecified atom stereocenters. The van der Waals surface area contributed by atoms with Gasteiger partial charge < -0.3 is 0 Å². The fourth-order valence-electron chi connectivity index (χ4n) is 1.90. The Bertz CT molecular complexity index is 101. The van der Waals surface area contributed by atoms with Crippen LogP contribution < -0.4 is 0 Å². The van der Waals surface area contributed by atoms with Gasteiger partial charge in [0.1, 0.15) is 0 Å². The minimum absolute atomic E-state index is 0.895. The Morgan fingerprint density at radius 1 is 1.30 bits per heavy atom. The van der Waals surface area contributed by atoms with E-state index < -0.39 is 0 Å². The molecule has 1 aliphatic carbocycles. The summed E-state index contributed by atoms with van der Waals surface area (Å²) in [5, 5.41) is 0. The van der Waals surface area contributed by atoms with E-state index in [9.17, 15) is 0 Å². The molecular formula is C9H18S. The Morgan fingerprint density at radius 2 is 2.00 bits per heavy atom. The van der Waals surface area contributed by atoms with Gasteiger partial charge in [0.15, 0.2) is 0 Å². The Hall–Kier alpha value is 0.350. The fraction of sp³-hybridized carbons (Fsp3) is 1.00. The third kappa shape index (κ3) is 1.91. The Kier molecular flexibility index (Phi) is 3.09. The van der Waals surface area contributed by atoms with Crippen molar-refractivity contribution in [2.45, 2.75) is 33.1 Å². The average molecular weight is 158 g/mol. The average Bonchev–Trinajstić information content (AvgIpc) is 1.94. The first kappa shape index (κ1) is 8.45. The largest absolute Gasteiger partial charge is 0.179 e. The fourth-order valence-corrected chi connectivity index (χ4v) is 2.41. The first-order chi connectivity index (χ1) is 4.74. The van der Waals surface area contributed by atoms with Crippen molar-refractivity contribution >= 4 is 12.6 Å². The Balaban J connectivity index is 2.38. The minimum atomic E-state index is 0.895. The van der Waals surface area contributed by atoms with Gasteiger partial charge in [0, 0.05) is 0 Å². The van der Waals surface area contributed by atoms with Crippen molar-refractivity contribution in [2.75, 3.05) is 5.75 Å². The highest BCUT2D eigenvalue weighted by atomic mass is 32.1. The van der Waals surface area contributed by atoms with Crippen molar-refractivity contribution in [3.05, 3.63) is 0 Å². The number of hydrogen-bond donors (Lipinski definition) is 1. The summed E-state index contributed by atoms with van der Waals surface area (Å²) >= 11 is 4.36. The lowest BCUT2D eigenvalue weighted by molar-refractivity contribution is 0.225. The van der Waals surface area contributed by atoms with Gasteiger partial charge >= 0.3 is 0 Å². The number of rotatable bonds is 1. The van der Waals surface area contributed by atoms with E-state index in [0.29, 0.717) is 0 Å². The quantitative estimate of drug-likeness (QED) is 0.557. The van der Waals surface area contributed by atoms with Crippen molar-refractivity contribution in [1.82, 2.24) is 0 Å². The molecule has 0 aromatic heterocycles. The Labute approximate surface area is 69.8 Å². The maximum Gasteiger partial charge on any atom is -0.00669 e. The van der Waals surface area contributed by atoms with Crippen molar-refractivity contribution in [3.8, 4) is 0 Å². The molecule has 0 saturated heterocycles. The second kappa shape index (κ2) is 3.66. The summed E-state index contributed by atoms with van der Waals surface area (Å²) in [6, 6.07) is 0. The zero-order valence-corrected chi connectivity index (χ0v) is 7.90. The molecule has 0 radical (unpaired) electrons. The van der Waals surface area contributed by atoms with Gasteiger partial charge in [-0.2, -0.15) is 12.6 Å². The molecule has 0 aromatic rings. The monoisotopic (exact) mass is 158 g/mol. The van der Waals surface area contributed by atoms with Crippen LogP contribution in [0, 0.1) is 17.8 Å². The molecule has 1 fully saturated rings. The van der Waals surface area contributed by atoms with Gasteiger partial charge in [-0.25, -0.2) is 0 Å². The first-order valence-corrected chi connectivity index (χ1v) is 4.98. The van der Waals surface area contributed by atoms with Gasteiger partial charge in [-0.15, -0.1) is 0 Å². The lowest BCUT2D eigenvalue weighted by atomic mass is 9.76. The van der Waals surface area contributed by atoms with E-state index in [0.717, 1.165) is 23.5 Å². The second-order valence-electron chi connectivity index (χ2n) is 3.84. The van der Waals surface area contributed by atoms with Gasteiger partial charge in [-0.3, -0.25) is 0 Å². The van der Waals surface area contributed by atoms with Gasteiger partial charge in [-0.05, 0) is 29.9 Å². The van der Waals surface area contributed by atoms with Crippen LogP contribution in [0.5, 0.6) is 0 Å². The maximum atomic E-state index is 4.36. The summed E-state index contributed by atoms with van der Waals surface area (Å²) in [5.74, 6) is 3.86. The van der Waals surface area contributed by atoms with Gasteiger partial charge in [0.2, 0.25) is 0 Å². The molecule has 3 atom stereocenters. The SMILES string of the molecule is CC1CCC(C)C(CS)C1. The third-order valence-corrected chi connectivity index (χ3v) is 3.33. The zero-order chi connectivity index (χ0) is 7.56. The highest BCUT2D eigenvalue weighted by molar-refractivity contribution is 7.80. The summed E-state index contributed by atoms with van der Waals surface area (Å²) in [5.41, 5.74) is 0. The predicted octanol–water partition coefficient (Wildman–Crippen LogP) is 2.99. The normalized spacial score (nSPS) is 41.7. The van der Waals surface area contributed by atoms with E-state index in [1.807, 2.05) is 0 Å². The van der Waals surface area contributed by atoms with E-state index in [1.54, 1.807) is 0 Å². The summed E-state index contributed by atoms with van der Waals surface area (Å²) < 4.78 is 0. The van der Waals surface area contributed by atoms with Crippen LogP contribution in [0.15, 0.2) is 0 Å². The topological polar surface area (TPSA) is 0 Å². The molecule has 0 bridgehead atoms. The standard InChI is InChI=1S/C9H18S/c1-7-3-4-8(2)9(5-7)6-10/h7-10H,3-6H2,1-2H3. The third-order valence-electron chi connectivity index (χ3n) is 2.86. The number of thiol groups is 1. The van der Waals surface area contributed by atoms with E-state index >= 15 is 0 Å². The van der Waals surface area contributed by atoms with Gasteiger partial charge in [-0.1, -0.05) is 26.7 Å². The predicted molar refractivity (Wildman–Crippen MR) is 49.5 cm³/mol. The van der Waals surface area contributed by atoms with Gasteiger partial charge in [0.05, 0.1) is 0 Å². The van der Waals surface area contributed by atoms with Crippen molar-refractivity contribution < 1.29 is 0 Å².